The molecule has 1 aromatic carbocycles. The first-order valence-electron chi connectivity index (χ1n) is 13.1. The van der Waals surface area contributed by atoms with E-state index < -0.39 is 11.0 Å². The molecule has 168 valence electrons. The molecule has 4 heteroatoms. The van der Waals surface area contributed by atoms with Crippen LogP contribution in [-0.4, -0.2) is 30.4 Å². The largest absolute Gasteiger partial charge is 0.493 e. The first-order valence-corrected chi connectivity index (χ1v) is 13.1. The van der Waals surface area contributed by atoms with Gasteiger partial charge in [0.25, 0.3) is 0 Å². The van der Waals surface area contributed by atoms with E-state index in [9.17, 15) is 9.90 Å². The van der Waals surface area contributed by atoms with E-state index in [2.05, 4.69) is 0 Å². The third kappa shape index (κ3) is 1.32. The lowest BCUT2D eigenvalue weighted by atomic mass is 9.42. The maximum atomic E-state index is 14.0. The van der Waals surface area contributed by atoms with Crippen molar-refractivity contribution in [2.24, 2.45) is 75.9 Å². The van der Waals surface area contributed by atoms with Crippen molar-refractivity contribution in [3.05, 3.63) is 30.3 Å². The minimum absolute atomic E-state index is 0.0618. The van der Waals surface area contributed by atoms with Crippen molar-refractivity contribution in [1.29, 1.82) is 0 Å². The Kier molecular flexibility index (Phi) is 2.84. The van der Waals surface area contributed by atoms with Gasteiger partial charge in [-0.25, -0.2) is 0 Å². The van der Waals surface area contributed by atoms with Crippen LogP contribution in [0, 0.1) is 75.9 Å². The SMILES string of the molecule is COC(=O)[C@]12C3C4CCCC4C4C3C3C5C6C(CCC6[C@]1(O)C45COc1ccccc1)C32. The van der Waals surface area contributed by atoms with E-state index in [0.717, 1.165) is 12.2 Å². The molecule has 12 unspecified atom stereocenters. The van der Waals surface area contributed by atoms with Crippen molar-refractivity contribution in [2.75, 3.05) is 13.7 Å². The number of rotatable bonds is 4. The molecule has 0 amide bonds. The van der Waals surface area contributed by atoms with E-state index in [4.69, 9.17) is 9.47 Å². The highest BCUT2D eigenvalue weighted by Crippen LogP contribution is 2.98. The van der Waals surface area contributed by atoms with Crippen LogP contribution in [0.3, 0.4) is 0 Å². The number of esters is 1. The fourth-order valence-electron chi connectivity index (χ4n) is 13.7. The van der Waals surface area contributed by atoms with Gasteiger partial charge in [-0.1, -0.05) is 24.6 Å². The van der Waals surface area contributed by atoms with Gasteiger partial charge in [-0.2, -0.15) is 0 Å². The molecule has 9 saturated carbocycles. The van der Waals surface area contributed by atoms with Crippen LogP contribution in [0.25, 0.3) is 0 Å². The van der Waals surface area contributed by atoms with Crippen LogP contribution in [-0.2, 0) is 9.53 Å². The van der Waals surface area contributed by atoms with Crippen molar-refractivity contribution in [1.82, 2.24) is 0 Å². The Bertz CT molecular complexity index is 1050. The molecule has 0 heterocycles. The van der Waals surface area contributed by atoms with E-state index in [1.165, 1.54) is 25.7 Å². The van der Waals surface area contributed by atoms with Gasteiger partial charge in [0, 0.05) is 5.41 Å². The van der Waals surface area contributed by atoms with Crippen LogP contribution >= 0.6 is 0 Å². The Labute approximate surface area is 189 Å². The van der Waals surface area contributed by atoms with Crippen LogP contribution < -0.4 is 4.74 Å². The van der Waals surface area contributed by atoms with Crippen molar-refractivity contribution >= 4 is 5.97 Å². The number of hydrogen-bond donors (Lipinski definition) is 1. The molecule has 1 N–H and O–H groups in total. The molecule has 9 aliphatic carbocycles. The average molecular weight is 433 g/mol. The minimum Gasteiger partial charge on any atom is -0.493 e. The fraction of sp³-hybridized carbons (Fsp3) is 0.750. The lowest BCUT2D eigenvalue weighted by molar-refractivity contribution is -0.271. The molecule has 9 aliphatic rings. The highest BCUT2D eigenvalue weighted by atomic mass is 16.5. The number of ether oxygens (including phenoxy) is 2. The maximum absolute atomic E-state index is 14.0. The molecule has 1 aromatic rings. The van der Waals surface area contributed by atoms with Crippen LogP contribution in [0.2, 0.25) is 0 Å². The van der Waals surface area contributed by atoms with Gasteiger partial charge in [0.05, 0.1) is 19.3 Å². The van der Waals surface area contributed by atoms with E-state index in [1.807, 2.05) is 30.3 Å². The van der Waals surface area contributed by atoms with Crippen molar-refractivity contribution in [3.63, 3.8) is 0 Å². The van der Waals surface area contributed by atoms with Crippen molar-refractivity contribution < 1.29 is 19.4 Å². The summed E-state index contributed by atoms with van der Waals surface area (Å²) in [6.07, 6.45) is 6.12. The van der Waals surface area contributed by atoms with Gasteiger partial charge in [-0.05, 0) is 103 Å². The maximum Gasteiger partial charge on any atom is 0.315 e. The predicted molar refractivity (Wildman–Crippen MR) is 115 cm³/mol. The summed E-state index contributed by atoms with van der Waals surface area (Å²) < 4.78 is 12.3. The quantitative estimate of drug-likeness (QED) is 0.736. The lowest BCUT2D eigenvalue weighted by Crippen LogP contribution is -2.74. The zero-order valence-electron chi connectivity index (χ0n) is 18.7. The highest BCUT2D eigenvalue weighted by molar-refractivity contribution is 5.83. The van der Waals surface area contributed by atoms with Gasteiger partial charge in [0.15, 0.2) is 0 Å². The topological polar surface area (TPSA) is 55.8 Å². The summed E-state index contributed by atoms with van der Waals surface area (Å²) in [5, 5.41) is 13.2. The molecule has 0 aromatic heterocycles. The third-order valence-electron chi connectivity index (χ3n) is 13.2. The Hall–Kier alpha value is -1.55. The lowest BCUT2D eigenvalue weighted by Gasteiger charge is -2.63. The summed E-state index contributed by atoms with van der Waals surface area (Å²) in [5.74, 6) is 6.66. The summed E-state index contributed by atoms with van der Waals surface area (Å²) in [7, 11) is 1.57. The molecule has 0 radical (unpaired) electrons. The Morgan fingerprint density at radius 2 is 1.66 bits per heavy atom. The van der Waals surface area contributed by atoms with Gasteiger partial charge < -0.3 is 14.6 Å². The predicted octanol–water partition coefficient (Wildman–Crippen LogP) is 3.78. The molecule has 32 heavy (non-hydrogen) atoms. The number of carbonyl (C=O) groups excluding carboxylic acids is 1. The molecule has 9 bridgehead atoms. The monoisotopic (exact) mass is 432 g/mol. The van der Waals surface area contributed by atoms with Gasteiger partial charge in [-0.15, -0.1) is 0 Å². The van der Waals surface area contributed by atoms with E-state index in [-0.39, 0.29) is 17.3 Å². The summed E-state index contributed by atoms with van der Waals surface area (Å²) in [4.78, 5) is 14.0. The van der Waals surface area contributed by atoms with E-state index >= 15 is 0 Å². The number of fused-ring (bicyclic) bond motifs is 1. The van der Waals surface area contributed by atoms with Crippen LogP contribution in [0.1, 0.15) is 32.1 Å². The first-order chi connectivity index (χ1) is 15.6. The molecule has 0 aliphatic heterocycles. The third-order valence-corrected chi connectivity index (χ3v) is 13.2. The summed E-state index contributed by atoms with van der Waals surface area (Å²) >= 11 is 0. The molecule has 9 fully saturated rings. The Balaban J connectivity index is 1.32. The zero-order chi connectivity index (χ0) is 21.2. The Morgan fingerprint density at radius 1 is 0.938 bits per heavy atom. The summed E-state index contributed by atoms with van der Waals surface area (Å²) in [5.41, 5.74) is -1.89. The average Bonchev–Trinajstić information content (AvgIpc) is 3.59. The van der Waals surface area contributed by atoms with E-state index in [0.29, 0.717) is 65.8 Å². The van der Waals surface area contributed by atoms with Gasteiger partial charge >= 0.3 is 5.97 Å². The van der Waals surface area contributed by atoms with Crippen molar-refractivity contribution in [2.45, 2.75) is 37.7 Å². The molecule has 0 saturated heterocycles. The van der Waals surface area contributed by atoms with Gasteiger partial charge in [0.1, 0.15) is 11.2 Å². The summed E-state index contributed by atoms with van der Waals surface area (Å²) in [6.45, 7) is 0.580. The van der Waals surface area contributed by atoms with Gasteiger partial charge in [-0.3, -0.25) is 4.79 Å². The number of aliphatic hydroxyl groups is 1. The normalized spacial score (nSPS) is 62.4. The zero-order valence-corrected chi connectivity index (χ0v) is 18.7. The molecular weight excluding hydrogens is 400 g/mol. The molecule has 0 spiro atoms. The molecular formula is C28H32O4. The van der Waals surface area contributed by atoms with Gasteiger partial charge in [0.2, 0.25) is 0 Å². The second-order valence-corrected chi connectivity index (χ2v) is 12.7. The van der Waals surface area contributed by atoms with Crippen molar-refractivity contribution in [3.8, 4) is 5.75 Å². The molecule has 10 rings (SSSR count). The fourth-order valence-corrected chi connectivity index (χ4v) is 13.7. The number of benzene rings is 1. The Morgan fingerprint density at radius 3 is 2.44 bits per heavy atom. The highest BCUT2D eigenvalue weighted by Gasteiger charge is 3.02. The standard InChI is InChI=1S/C28H32O4/c1-31-25(29)27-22-15-9-5-8-14(15)21-19(22)20-23(27)16-10-11-17-18(16)24(20)26(21,28(17,27)30)12-32-13-6-3-2-4-7-13/h2-4,6-7,14-24,30H,5,8-12H2,1H3/t14?,15?,16?,17?,18?,19?,20?,21?,22?,23?,24?,26?,27-,28+/m1/s1. The smallest absolute Gasteiger partial charge is 0.315 e. The van der Waals surface area contributed by atoms with E-state index in [1.54, 1.807) is 7.11 Å². The minimum atomic E-state index is -0.946. The second-order valence-electron chi connectivity index (χ2n) is 12.7. The summed E-state index contributed by atoms with van der Waals surface area (Å²) in [6, 6.07) is 10.2. The van der Waals surface area contributed by atoms with Crippen LogP contribution in [0.15, 0.2) is 30.3 Å². The number of carbonyl (C=O) groups is 1. The number of hydrogen-bond acceptors (Lipinski definition) is 4. The molecule has 4 nitrogen and oxygen atoms in total. The first kappa shape index (κ1) is 17.9. The van der Waals surface area contributed by atoms with Crippen LogP contribution in [0.4, 0.5) is 0 Å². The number of para-hydroxylation sites is 1. The van der Waals surface area contributed by atoms with Crippen LogP contribution in [0.5, 0.6) is 5.75 Å². The second kappa shape index (κ2) is 5.09. The number of methoxy groups -OCH3 is 1. The molecule has 14 atom stereocenters.